The van der Waals surface area contributed by atoms with Gasteiger partial charge in [0.1, 0.15) is 6.29 Å². The van der Waals surface area contributed by atoms with E-state index in [0.29, 0.717) is 5.06 Å². The van der Waals surface area contributed by atoms with Crippen LogP contribution in [-0.4, -0.2) is 49.6 Å². The van der Waals surface area contributed by atoms with E-state index < -0.39 is 27.7 Å². The molecular weight excluding hydrogens is 214 g/mol. The monoisotopic (exact) mass is 225 g/mol. The van der Waals surface area contributed by atoms with Gasteiger partial charge in [-0.15, -0.1) is 0 Å². The second-order valence-electron chi connectivity index (χ2n) is 2.42. The fourth-order valence-electron chi connectivity index (χ4n) is 0.730. The Morgan fingerprint density at radius 3 is 2.43 bits per heavy atom. The fraction of sp³-hybridized carbons (Fsp3) is 0.667. The first-order chi connectivity index (χ1) is 6.34. The standard InChI is InChI=1S/C6H11NO6S/c1-7(13-2)6(9)5(3-4-8)14(10,11)12/h4-5H,3H2,1-2H3,(H,10,11,12). The van der Waals surface area contributed by atoms with Crippen LogP contribution in [0, 0.1) is 0 Å². The second kappa shape index (κ2) is 5.03. The Labute approximate surface area is 81.3 Å². The van der Waals surface area contributed by atoms with Crippen LogP contribution in [0.5, 0.6) is 0 Å². The summed E-state index contributed by atoms with van der Waals surface area (Å²) < 4.78 is 30.0. The molecule has 0 aromatic rings. The smallest absolute Gasteiger partial charge is 0.277 e. The average Bonchev–Trinajstić information content (AvgIpc) is 2.09. The molecule has 0 aliphatic rings. The number of carbonyl (C=O) groups is 2. The summed E-state index contributed by atoms with van der Waals surface area (Å²) in [4.78, 5) is 25.7. The van der Waals surface area contributed by atoms with E-state index in [4.69, 9.17) is 4.55 Å². The molecule has 0 heterocycles. The topological polar surface area (TPSA) is 101 Å². The Balaban J connectivity index is 4.84. The Bertz CT molecular complexity index is 310. The number of hydroxylamine groups is 2. The lowest BCUT2D eigenvalue weighted by Crippen LogP contribution is -2.40. The number of hydrogen-bond acceptors (Lipinski definition) is 5. The molecule has 0 saturated carbocycles. The van der Waals surface area contributed by atoms with Crippen LogP contribution >= 0.6 is 0 Å². The van der Waals surface area contributed by atoms with Crippen LogP contribution in [0.15, 0.2) is 0 Å². The lowest BCUT2D eigenvalue weighted by atomic mass is 10.3. The molecule has 7 nitrogen and oxygen atoms in total. The first kappa shape index (κ1) is 13.0. The molecule has 1 unspecified atom stereocenters. The maximum atomic E-state index is 11.2. The zero-order chi connectivity index (χ0) is 11.4. The van der Waals surface area contributed by atoms with Crippen LogP contribution in [0.2, 0.25) is 0 Å². The van der Waals surface area contributed by atoms with Gasteiger partial charge in [-0.1, -0.05) is 0 Å². The van der Waals surface area contributed by atoms with E-state index in [0.717, 1.165) is 7.11 Å². The van der Waals surface area contributed by atoms with Crippen LogP contribution in [0.1, 0.15) is 6.42 Å². The van der Waals surface area contributed by atoms with E-state index in [2.05, 4.69) is 4.84 Å². The highest BCUT2D eigenvalue weighted by Gasteiger charge is 2.33. The van der Waals surface area contributed by atoms with Gasteiger partial charge in [0.2, 0.25) is 0 Å². The molecule has 0 rings (SSSR count). The minimum Gasteiger partial charge on any atom is -0.303 e. The lowest BCUT2D eigenvalue weighted by Gasteiger charge is -2.17. The number of nitrogens with zero attached hydrogens (tertiary/aromatic N) is 1. The molecule has 1 N–H and O–H groups in total. The number of hydrogen-bond donors (Lipinski definition) is 1. The molecule has 0 aliphatic carbocycles. The van der Waals surface area contributed by atoms with Crippen molar-refractivity contribution in [2.24, 2.45) is 0 Å². The number of rotatable bonds is 5. The van der Waals surface area contributed by atoms with Crippen LogP contribution in [-0.2, 0) is 24.5 Å². The molecule has 8 heteroatoms. The van der Waals surface area contributed by atoms with Gasteiger partial charge >= 0.3 is 0 Å². The summed E-state index contributed by atoms with van der Waals surface area (Å²) in [6.07, 6.45) is -0.370. The van der Waals surface area contributed by atoms with E-state index in [9.17, 15) is 18.0 Å². The maximum absolute atomic E-state index is 11.2. The molecule has 82 valence electrons. The third-order valence-electron chi connectivity index (χ3n) is 1.53. The molecule has 0 bridgehead atoms. The summed E-state index contributed by atoms with van der Waals surface area (Å²) in [5.74, 6) is -0.998. The van der Waals surface area contributed by atoms with Crippen molar-refractivity contribution < 1.29 is 27.4 Å². The number of amides is 1. The molecular formula is C6H11NO6S. The van der Waals surface area contributed by atoms with Crippen LogP contribution in [0.3, 0.4) is 0 Å². The Hall–Kier alpha value is -0.990. The van der Waals surface area contributed by atoms with Gasteiger partial charge < -0.3 is 4.79 Å². The van der Waals surface area contributed by atoms with Crippen molar-refractivity contribution in [3.63, 3.8) is 0 Å². The molecule has 0 aliphatic heterocycles. The predicted molar refractivity (Wildman–Crippen MR) is 45.8 cm³/mol. The van der Waals surface area contributed by atoms with Crippen LogP contribution in [0.25, 0.3) is 0 Å². The molecule has 0 saturated heterocycles. The van der Waals surface area contributed by atoms with Crippen molar-refractivity contribution in [2.45, 2.75) is 11.7 Å². The summed E-state index contributed by atoms with van der Waals surface area (Å²) in [5, 5.41) is -1.17. The van der Waals surface area contributed by atoms with Gasteiger partial charge in [0, 0.05) is 13.5 Å². The van der Waals surface area contributed by atoms with Crippen molar-refractivity contribution in [1.82, 2.24) is 5.06 Å². The summed E-state index contributed by atoms with van der Waals surface area (Å²) in [5.41, 5.74) is 0. The van der Waals surface area contributed by atoms with Gasteiger partial charge in [0.05, 0.1) is 7.11 Å². The second-order valence-corrected chi connectivity index (χ2v) is 4.02. The highest BCUT2D eigenvalue weighted by atomic mass is 32.2. The normalized spacial score (nSPS) is 13.4. The third-order valence-corrected chi connectivity index (χ3v) is 2.64. The number of carbonyl (C=O) groups excluding carboxylic acids is 2. The van der Waals surface area contributed by atoms with Crippen LogP contribution < -0.4 is 0 Å². The van der Waals surface area contributed by atoms with E-state index in [1.165, 1.54) is 7.05 Å². The van der Waals surface area contributed by atoms with Crippen molar-refractivity contribution in [1.29, 1.82) is 0 Å². The van der Waals surface area contributed by atoms with Crippen LogP contribution in [0.4, 0.5) is 0 Å². The van der Waals surface area contributed by atoms with Crippen molar-refractivity contribution in [2.75, 3.05) is 14.2 Å². The zero-order valence-corrected chi connectivity index (χ0v) is 8.52. The van der Waals surface area contributed by atoms with E-state index in [1.807, 2.05) is 0 Å². The fourth-order valence-corrected chi connectivity index (χ4v) is 1.45. The van der Waals surface area contributed by atoms with Crippen molar-refractivity contribution in [3.05, 3.63) is 0 Å². The molecule has 0 aromatic carbocycles. The van der Waals surface area contributed by atoms with E-state index in [1.54, 1.807) is 0 Å². The van der Waals surface area contributed by atoms with Gasteiger partial charge in [-0.05, 0) is 0 Å². The summed E-state index contributed by atoms with van der Waals surface area (Å²) in [7, 11) is -2.26. The minimum atomic E-state index is -4.58. The summed E-state index contributed by atoms with van der Waals surface area (Å²) in [6.45, 7) is 0. The highest BCUT2D eigenvalue weighted by Crippen LogP contribution is 2.06. The molecule has 1 atom stereocenters. The SMILES string of the molecule is CON(C)C(=O)C(CC=O)S(=O)(=O)O. The predicted octanol–water partition coefficient (Wildman–Crippen LogP) is -1.15. The van der Waals surface area contributed by atoms with E-state index in [-0.39, 0.29) is 6.29 Å². The van der Waals surface area contributed by atoms with Crippen molar-refractivity contribution >= 4 is 22.3 Å². The van der Waals surface area contributed by atoms with Crippen molar-refractivity contribution in [3.8, 4) is 0 Å². The quantitative estimate of drug-likeness (QED) is 0.360. The zero-order valence-electron chi connectivity index (χ0n) is 7.71. The van der Waals surface area contributed by atoms with Gasteiger partial charge in [-0.2, -0.15) is 8.42 Å². The molecule has 0 radical (unpaired) electrons. The molecule has 0 aromatic heterocycles. The summed E-state index contributed by atoms with van der Waals surface area (Å²) >= 11 is 0. The van der Waals surface area contributed by atoms with Gasteiger partial charge in [0.25, 0.3) is 16.0 Å². The summed E-state index contributed by atoms with van der Waals surface area (Å²) in [6, 6.07) is 0. The van der Waals surface area contributed by atoms with Gasteiger partial charge in [-0.3, -0.25) is 14.2 Å². The molecule has 14 heavy (non-hydrogen) atoms. The third kappa shape index (κ3) is 3.40. The molecule has 0 fully saturated rings. The first-order valence-electron chi connectivity index (χ1n) is 3.56. The average molecular weight is 225 g/mol. The minimum absolute atomic E-state index is 0.236. The first-order valence-corrected chi connectivity index (χ1v) is 5.06. The Morgan fingerprint density at radius 2 is 2.14 bits per heavy atom. The largest absolute Gasteiger partial charge is 0.303 e. The highest BCUT2D eigenvalue weighted by molar-refractivity contribution is 7.87. The Morgan fingerprint density at radius 1 is 1.64 bits per heavy atom. The van der Waals surface area contributed by atoms with Gasteiger partial charge in [-0.25, -0.2) is 5.06 Å². The Kier molecular flexibility index (Phi) is 4.68. The van der Waals surface area contributed by atoms with E-state index >= 15 is 0 Å². The molecule has 0 spiro atoms. The maximum Gasteiger partial charge on any atom is 0.277 e. The van der Waals surface area contributed by atoms with Gasteiger partial charge in [0.15, 0.2) is 5.25 Å². The number of aldehydes is 1. The molecule has 1 amide bonds. The lowest BCUT2D eigenvalue weighted by molar-refractivity contribution is -0.168.